The Morgan fingerprint density at radius 2 is 1.86 bits per heavy atom. The molecule has 0 bridgehead atoms. The Labute approximate surface area is 86.8 Å². The van der Waals surface area contributed by atoms with Gasteiger partial charge in [-0.3, -0.25) is 4.79 Å². The average molecular weight is 218 g/mol. The summed E-state index contributed by atoms with van der Waals surface area (Å²) in [6, 6.07) is 0. The molecule has 0 heterocycles. The van der Waals surface area contributed by atoms with Crippen LogP contribution in [0.4, 0.5) is 0 Å². The minimum atomic E-state index is -2.53. The predicted octanol–water partition coefficient (Wildman–Crippen LogP) is 1.38. The van der Waals surface area contributed by atoms with Gasteiger partial charge in [-0.05, 0) is 32.6 Å². The topological polar surface area (TPSA) is 51.2 Å². The molecule has 0 aliphatic heterocycles. The van der Waals surface area contributed by atoms with Crippen LogP contribution in [0.5, 0.6) is 0 Å². The number of ketones is 1. The van der Waals surface area contributed by atoms with Crippen LogP contribution in [0.25, 0.3) is 0 Å². The van der Waals surface area contributed by atoms with Crippen molar-refractivity contribution in [3.63, 3.8) is 0 Å². The van der Waals surface area contributed by atoms with Crippen molar-refractivity contribution in [1.29, 1.82) is 0 Å². The van der Waals surface area contributed by atoms with Crippen molar-refractivity contribution >= 4 is 16.5 Å². The molecular weight excluding hydrogens is 200 g/mol. The van der Waals surface area contributed by atoms with E-state index in [2.05, 4.69) is 0 Å². The second-order valence-electron chi connectivity index (χ2n) is 4.82. The molecule has 0 spiro atoms. The number of hydrogen-bond donors (Lipinski definition) is 1. The van der Waals surface area contributed by atoms with E-state index in [9.17, 15) is 13.2 Å². The van der Waals surface area contributed by atoms with E-state index in [4.69, 9.17) is 0 Å². The third kappa shape index (κ3) is 2.16. The molecule has 0 aromatic rings. The molecular formula is C10H18O3S. The van der Waals surface area contributed by atoms with Crippen LogP contribution in [0.1, 0.15) is 40.0 Å². The first-order valence-electron chi connectivity index (χ1n) is 5.03. The summed E-state index contributed by atoms with van der Waals surface area (Å²) in [6.07, 6.45) is 2.22. The predicted molar refractivity (Wildman–Crippen MR) is 55.9 cm³/mol. The summed E-state index contributed by atoms with van der Waals surface area (Å²) >= 11 is 0. The third-order valence-corrected chi connectivity index (χ3v) is 4.46. The quantitative estimate of drug-likeness (QED) is 0.712. The van der Waals surface area contributed by atoms with Gasteiger partial charge in [0.25, 0.3) is 0 Å². The van der Waals surface area contributed by atoms with E-state index >= 15 is 0 Å². The van der Waals surface area contributed by atoms with Gasteiger partial charge in [-0.25, -0.2) is 8.42 Å². The summed E-state index contributed by atoms with van der Waals surface area (Å²) in [6.45, 7) is 5.34. The minimum absolute atomic E-state index is 0.118. The molecule has 0 radical (unpaired) electrons. The second kappa shape index (κ2) is 4.01. The van der Waals surface area contributed by atoms with Crippen LogP contribution in [0, 0.1) is 11.8 Å². The Balaban J connectivity index is 2.84. The van der Waals surface area contributed by atoms with Gasteiger partial charge in [0, 0.05) is 12.3 Å². The van der Waals surface area contributed by atoms with Crippen LogP contribution in [-0.2, 0) is 15.5 Å². The summed E-state index contributed by atoms with van der Waals surface area (Å²) in [5, 5.41) is 0. The maximum absolute atomic E-state index is 11.7. The first kappa shape index (κ1) is 11.7. The molecule has 0 aromatic carbocycles. The zero-order valence-corrected chi connectivity index (χ0v) is 9.84. The maximum atomic E-state index is 11.7. The van der Waals surface area contributed by atoms with Gasteiger partial charge in [0.2, 0.25) is 0 Å². The van der Waals surface area contributed by atoms with Crippen molar-refractivity contribution < 1.29 is 13.2 Å². The van der Waals surface area contributed by atoms with E-state index in [1.807, 2.05) is 6.92 Å². The molecule has 2 unspecified atom stereocenters. The van der Waals surface area contributed by atoms with Crippen LogP contribution in [-0.4, -0.2) is 18.9 Å². The summed E-state index contributed by atoms with van der Waals surface area (Å²) < 4.78 is 21.2. The van der Waals surface area contributed by atoms with Crippen LogP contribution in [0.2, 0.25) is 0 Å². The highest BCUT2D eigenvalue weighted by Gasteiger charge is 2.40. The van der Waals surface area contributed by atoms with Crippen molar-refractivity contribution in [2.24, 2.45) is 11.8 Å². The summed E-state index contributed by atoms with van der Waals surface area (Å²) in [4.78, 5) is 11.7. The van der Waals surface area contributed by atoms with Crippen molar-refractivity contribution in [3.8, 4) is 0 Å². The van der Waals surface area contributed by atoms with Crippen molar-refractivity contribution in [1.82, 2.24) is 0 Å². The summed E-state index contributed by atoms with van der Waals surface area (Å²) in [7, 11) is -2.53. The van der Waals surface area contributed by atoms with Gasteiger partial charge in [-0.15, -0.1) is 0 Å². The molecule has 3 nitrogen and oxygen atoms in total. The monoisotopic (exact) mass is 218 g/mol. The standard InChI is InChI=1S/C10H18O3S/c1-7-4-5-8(9(11)6-7)10(2,3)14(12)13/h7-8,14H,4-6H2,1-3H3. The van der Waals surface area contributed by atoms with Gasteiger partial charge in [-0.1, -0.05) is 6.92 Å². The highest BCUT2D eigenvalue weighted by atomic mass is 32.2. The lowest BCUT2D eigenvalue weighted by Crippen LogP contribution is -2.41. The Bertz CT molecular complexity index is 296. The van der Waals surface area contributed by atoms with E-state index < -0.39 is 15.5 Å². The van der Waals surface area contributed by atoms with Crippen LogP contribution in [0.15, 0.2) is 0 Å². The fourth-order valence-electron chi connectivity index (χ4n) is 2.07. The largest absolute Gasteiger partial charge is 0.299 e. The molecule has 1 aliphatic carbocycles. The molecule has 0 aromatic heterocycles. The average Bonchev–Trinajstić information content (AvgIpc) is 2.02. The number of hydrogen-bond acceptors (Lipinski definition) is 3. The molecule has 1 fully saturated rings. The molecule has 14 heavy (non-hydrogen) atoms. The normalized spacial score (nSPS) is 29.6. The van der Waals surface area contributed by atoms with Crippen LogP contribution in [0.3, 0.4) is 0 Å². The first-order valence-corrected chi connectivity index (χ1v) is 6.20. The second-order valence-corrected chi connectivity index (χ2v) is 6.48. The van der Waals surface area contributed by atoms with Crippen LogP contribution >= 0.6 is 0 Å². The molecule has 0 N–H and O–H groups in total. The van der Waals surface area contributed by atoms with Gasteiger partial charge < -0.3 is 0 Å². The lowest BCUT2D eigenvalue weighted by Gasteiger charge is -2.33. The number of thiol groups is 1. The van der Waals surface area contributed by atoms with E-state index in [0.717, 1.165) is 12.8 Å². The molecule has 1 rings (SSSR count). The van der Waals surface area contributed by atoms with Gasteiger partial charge in [0.15, 0.2) is 0 Å². The van der Waals surface area contributed by atoms with Gasteiger partial charge in [-0.2, -0.15) is 0 Å². The lowest BCUT2D eigenvalue weighted by molar-refractivity contribution is -0.126. The Morgan fingerprint density at radius 1 is 1.29 bits per heavy atom. The summed E-state index contributed by atoms with van der Waals surface area (Å²) in [5.41, 5.74) is 0. The van der Waals surface area contributed by atoms with Gasteiger partial charge in [0.1, 0.15) is 16.5 Å². The number of carbonyl (C=O) groups excluding carboxylic acids is 1. The molecule has 0 saturated heterocycles. The van der Waals surface area contributed by atoms with Crippen molar-refractivity contribution in [2.45, 2.75) is 44.8 Å². The number of rotatable bonds is 2. The van der Waals surface area contributed by atoms with E-state index in [1.165, 1.54) is 0 Å². The van der Waals surface area contributed by atoms with Crippen molar-refractivity contribution in [3.05, 3.63) is 0 Å². The molecule has 0 amide bonds. The fourth-order valence-corrected chi connectivity index (χ4v) is 2.60. The zero-order chi connectivity index (χ0) is 10.9. The Hall–Kier alpha value is -0.380. The number of Topliss-reactive ketones (excluding diaryl/α,β-unsaturated/α-hetero) is 1. The molecule has 2 atom stereocenters. The number of carbonyl (C=O) groups is 1. The van der Waals surface area contributed by atoms with Crippen molar-refractivity contribution in [2.75, 3.05) is 0 Å². The molecule has 82 valence electrons. The highest BCUT2D eigenvalue weighted by Crippen LogP contribution is 2.34. The maximum Gasteiger partial charge on any atom is 0.146 e. The van der Waals surface area contributed by atoms with E-state index in [-0.39, 0.29) is 11.7 Å². The fraction of sp³-hybridized carbons (Fsp3) is 0.900. The SMILES string of the molecule is CC1CCC(C(C)(C)[SH](=O)=O)C(=O)C1. The lowest BCUT2D eigenvalue weighted by atomic mass is 9.76. The molecule has 1 aliphatic rings. The van der Waals surface area contributed by atoms with Crippen LogP contribution < -0.4 is 0 Å². The van der Waals surface area contributed by atoms with Gasteiger partial charge in [0.05, 0.1) is 4.75 Å². The molecule has 1 saturated carbocycles. The third-order valence-electron chi connectivity index (χ3n) is 3.21. The van der Waals surface area contributed by atoms with Gasteiger partial charge >= 0.3 is 0 Å². The molecule has 4 heteroatoms. The van der Waals surface area contributed by atoms with E-state index in [0.29, 0.717) is 12.3 Å². The Morgan fingerprint density at radius 3 is 2.29 bits per heavy atom. The Kier molecular flexibility index (Phi) is 3.35. The van der Waals surface area contributed by atoms with E-state index in [1.54, 1.807) is 13.8 Å². The minimum Gasteiger partial charge on any atom is -0.299 e. The smallest absolute Gasteiger partial charge is 0.146 e. The highest BCUT2D eigenvalue weighted by molar-refractivity contribution is 7.74. The zero-order valence-electron chi connectivity index (χ0n) is 8.95. The summed E-state index contributed by atoms with van der Waals surface area (Å²) in [5.74, 6) is 0.242. The first-order chi connectivity index (χ1) is 6.35.